The zero-order valence-corrected chi connectivity index (χ0v) is 18.0. The van der Waals surface area contributed by atoms with Gasteiger partial charge in [-0.3, -0.25) is 14.5 Å². The second-order valence-electron chi connectivity index (χ2n) is 6.86. The fourth-order valence-electron chi connectivity index (χ4n) is 2.98. The Morgan fingerprint density at radius 1 is 1.03 bits per heavy atom. The highest BCUT2D eigenvalue weighted by Crippen LogP contribution is 2.33. The van der Waals surface area contributed by atoms with Gasteiger partial charge in [0.15, 0.2) is 0 Å². The van der Waals surface area contributed by atoms with E-state index in [0.29, 0.717) is 27.5 Å². The fourth-order valence-corrected chi connectivity index (χ4v) is 3.94. The van der Waals surface area contributed by atoms with Gasteiger partial charge in [0.1, 0.15) is 11.6 Å². The van der Waals surface area contributed by atoms with E-state index >= 15 is 0 Å². The van der Waals surface area contributed by atoms with Crippen molar-refractivity contribution in [2.45, 2.75) is 6.54 Å². The second-order valence-corrected chi connectivity index (χ2v) is 8.29. The molecule has 0 spiro atoms. The molecule has 0 unspecified atom stereocenters. The number of amides is 2. The first-order chi connectivity index (χ1) is 15.4. The van der Waals surface area contributed by atoms with Crippen LogP contribution in [0, 0.1) is 5.82 Å². The van der Waals surface area contributed by atoms with Crippen molar-refractivity contribution in [2.24, 2.45) is 0 Å². The number of benzene rings is 3. The molecule has 1 fully saturated rings. The van der Waals surface area contributed by atoms with E-state index in [1.807, 2.05) is 0 Å². The summed E-state index contributed by atoms with van der Waals surface area (Å²) in [7, 11) is 0. The number of rotatable bonds is 5. The number of carbonyl (C=O) groups excluding carboxylic acids is 3. The summed E-state index contributed by atoms with van der Waals surface area (Å²) in [5, 5.41) is 0.104. The lowest BCUT2D eigenvalue weighted by molar-refractivity contribution is -0.123. The van der Waals surface area contributed by atoms with Crippen LogP contribution in [0.3, 0.4) is 0 Å². The topological polar surface area (TPSA) is 63.7 Å². The maximum absolute atomic E-state index is 13.1. The van der Waals surface area contributed by atoms with Crippen LogP contribution >= 0.6 is 23.4 Å². The van der Waals surface area contributed by atoms with Crippen LogP contribution in [-0.2, 0) is 11.3 Å². The number of hydrogen-bond donors (Lipinski definition) is 0. The first-order valence-corrected chi connectivity index (χ1v) is 10.7. The molecule has 0 bridgehead atoms. The maximum atomic E-state index is 13.1. The summed E-state index contributed by atoms with van der Waals surface area (Å²) in [4.78, 5) is 38.7. The third kappa shape index (κ3) is 5.07. The summed E-state index contributed by atoms with van der Waals surface area (Å²) in [5.74, 6) is -1.07. The first kappa shape index (κ1) is 21.8. The molecular formula is C24H15ClFNO4S. The molecule has 32 heavy (non-hydrogen) atoms. The zero-order valence-electron chi connectivity index (χ0n) is 16.5. The van der Waals surface area contributed by atoms with Gasteiger partial charge in [-0.25, -0.2) is 9.18 Å². The Labute approximate surface area is 192 Å². The van der Waals surface area contributed by atoms with Gasteiger partial charge in [-0.05, 0) is 77.5 Å². The van der Waals surface area contributed by atoms with Gasteiger partial charge in [-0.15, -0.1) is 0 Å². The Balaban J connectivity index is 1.48. The van der Waals surface area contributed by atoms with Crippen molar-refractivity contribution in [1.29, 1.82) is 0 Å². The quantitative estimate of drug-likeness (QED) is 0.264. The van der Waals surface area contributed by atoms with Crippen LogP contribution in [0.15, 0.2) is 77.7 Å². The van der Waals surface area contributed by atoms with Crippen molar-refractivity contribution >= 4 is 46.6 Å². The monoisotopic (exact) mass is 467 g/mol. The molecule has 8 heteroatoms. The van der Waals surface area contributed by atoms with Crippen LogP contribution in [0.2, 0.25) is 5.02 Å². The molecule has 3 aromatic carbocycles. The van der Waals surface area contributed by atoms with E-state index in [1.165, 1.54) is 24.3 Å². The summed E-state index contributed by atoms with van der Waals surface area (Å²) in [6.45, 7) is 0.0566. The molecule has 0 aromatic heterocycles. The van der Waals surface area contributed by atoms with E-state index in [2.05, 4.69) is 0 Å². The minimum atomic E-state index is -0.543. The van der Waals surface area contributed by atoms with Gasteiger partial charge < -0.3 is 4.74 Å². The molecule has 1 heterocycles. The molecule has 4 rings (SSSR count). The van der Waals surface area contributed by atoms with E-state index in [9.17, 15) is 18.8 Å². The predicted molar refractivity (Wildman–Crippen MR) is 121 cm³/mol. The number of imide groups is 1. The van der Waals surface area contributed by atoms with Crippen molar-refractivity contribution in [2.75, 3.05) is 0 Å². The molecule has 0 aliphatic carbocycles. The molecule has 1 saturated heterocycles. The zero-order chi connectivity index (χ0) is 22.7. The van der Waals surface area contributed by atoms with E-state index in [0.717, 1.165) is 16.7 Å². The summed E-state index contributed by atoms with van der Waals surface area (Å²) >= 11 is 6.65. The standard InChI is InChI=1S/C24H15ClFNO4S/c25-18-8-6-17(7-9-18)23(29)31-20-3-1-2-16(12-20)13-21-22(28)27(24(30)32-21)14-15-4-10-19(26)11-5-15/h1-13H,14H2/b21-13-. The number of esters is 1. The third-order valence-corrected chi connectivity index (χ3v) is 5.73. The minimum absolute atomic E-state index is 0.0566. The molecule has 0 saturated carbocycles. The van der Waals surface area contributed by atoms with Crippen LogP contribution in [0.4, 0.5) is 9.18 Å². The Morgan fingerprint density at radius 2 is 1.75 bits per heavy atom. The average Bonchev–Trinajstić information content (AvgIpc) is 3.03. The van der Waals surface area contributed by atoms with E-state index in [4.69, 9.17) is 16.3 Å². The van der Waals surface area contributed by atoms with Crippen molar-refractivity contribution in [3.8, 4) is 5.75 Å². The van der Waals surface area contributed by atoms with Crippen LogP contribution in [0.25, 0.3) is 6.08 Å². The van der Waals surface area contributed by atoms with Gasteiger partial charge >= 0.3 is 5.97 Å². The van der Waals surface area contributed by atoms with Gasteiger partial charge in [-0.2, -0.15) is 0 Å². The number of ether oxygens (including phenoxy) is 1. The molecule has 0 N–H and O–H groups in total. The second kappa shape index (κ2) is 9.38. The highest BCUT2D eigenvalue weighted by Gasteiger charge is 2.35. The molecule has 2 amide bonds. The largest absolute Gasteiger partial charge is 0.423 e. The molecule has 3 aromatic rings. The van der Waals surface area contributed by atoms with Crippen molar-refractivity contribution in [1.82, 2.24) is 4.90 Å². The van der Waals surface area contributed by atoms with Crippen LogP contribution in [0.5, 0.6) is 5.75 Å². The van der Waals surface area contributed by atoms with Gasteiger partial charge in [0, 0.05) is 5.02 Å². The third-order valence-electron chi connectivity index (χ3n) is 4.57. The summed E-state index contributed by atoms with van der Waals surface area (Å²) < 4.78 is 18.5. The van der Waals surface area contributed by atoms with E-state index < -0.39 is 17.1 Å². The Bertz CT molecular complexity index is 1230. The van der Waals surface area contributed by atoms with Crippen LogP contribution in [0.1, 0.15) is 21.5 Å². The van der Waals surface area contributed by atoms with Crippen molar-refractivity contribution in [3.63, 3.8) is 0 Å². The fraction of sp³-hybridized carbons (Fsp3) is 0.0417. The number of hydrogen-bond acceptors (Lipinski definition) is 5. The van der Waals surface area contributed by atoms with Gasteiger partial charge in [0.05, 0.1) is 17.0 Å². The Kier molecular flexibility index (Phi) is 6.39. The highest BCUT2D eigenvalue weighted by molar-refractivity contribution is 8.18. The number of carbonyl (C=O) groups is 3. The van der Waals surface area contributed by atoms with Gasteiger partial charge in [-0.1, -0.05) is 35.9 Å². The lowest BCUT2D eigenvalue weighted by Gasteiger charge is -2.12. The summed E-state index contributed by atoms with van der Waals surface area (Å²) in [6, 6.07) is 18.5. The van der Waals surface area contributed by atoms with Crippen LogP contribution in [-0.4, -0.2) is 22.0 Å². The number of thioether (sulfide) groups is 1. The van der Waals surface area contributed by atoms with Crippen molar-refractivity contribution < 1.29 is 23.5 Å². The molecule has 1 aliphatic rings. The molecule has 1 aliphatic heterocycles. The summed E-state index contributed by atoms with van der Waals surface area (Å²) in [5.41, 5.74) is 1.59. The maximum Gasteiger partial charge on any atom is 0.343 e. The smallest absolute Gasteiger partial charge is 0.343 e. The average molecular weight is 468 g/mol. The SMILES string of the molecule is O=C(Oc1cccc(/C=C2\SC(=O)N(Cc3ccc(F)cc3)C2=O)c1)c1ccc(Cl)cc1. The molecule has 0 atom stereocenters. The lowest BCUT2D eigenvalue weighted by Crippen LogP contribution is -2.27. The molecule has 160 valence electrons. The van der Waals surface area contributed by atoms with Gasteiger partial charge in [0.25, 0.3) is 11.1 Å². The number of halogens is 2. The van der Waals surface area contributed by atoms with Gasteiger partial charge in [0.2, 0.25) is 0 Å². The van der Waals surface area contributed by atoms with E-state index in [1.54, 1.807) is 54.6 Å². The lowest BCUT2D eigenvalue weighted by atomic mass is 10.2. The number of nitrogens with zero attached hydrogens (tertiary/aromatic N) is 1. The summed E-state index contributed by atoms with van der Waals surface area (Å²) in [6.07, 6.45) is 1.56. The Hall–Kier alpha value is -3.42. The Morgan fingerprint density at radius 3 is 2.47 bits per heavy atom. The minimum Gasteiger partial charge on any atom is -0.423 e. The predicted octanol–water partition coefficient (Wildman–Crippen LogP) is 5.93. The normalized spacial score (nSPS) is 14.8. The molecule has 5 nitrogen and oxygen atoms in total. The first-order valence-electron chi connectivity index (χ1n) is 9.47. The highest BCUT2D eigenvalue weighted by atomic mass is 35.5. The molecular weight excluding hydrogens is 453 g/mol. The van der Waals surface area contributed by atoms with Crippen LogP contribution < -0.4 is 4.74 Å². The molecule has 0 radical (unpaired) electrons. The van der Waals surface area contributed by atoms with Crippen molar-refractivity contribution in [3.05, 3.63) is 105 Å². The van der Waals surface area contributed by atoms with E-state index in [-0.39, 0.29) is 17.3 Å².